The van der Waals surface area contributed by atoms with Crippen LogP contribution in [0, 0.1) is 0 Å². The van der Waals surface area contributed by atoms with Crippen LogP contribution in [-0.4, -0.2) is 6.54 Å². The normalized spacial score (nSPS) is 10.8. The number of rotatable bonds is 15. The fourth-order valence-corrected chi connectivity index (χ4v) is 2.52. The van der Waals surface area contributed by atoms with Crippen molar-refractivity contribution in [2.75, 3.05) is 6.54 Å². The van der Waals surface area contributed by atoms with Gasteiger partial charge in [0.25, 0.3) is 0 Å². The lowest BCUT2D eigenvalue weighted by atomic mass is 10.0. The van der Waals surface area contributed by atoms with E-state index in [1.807, 2.05) is 0 Å². The van der Waals surface area contributed by atoms with Gasteiger partial charge < -0.3 is 5.73 Å². The summed E-state index contributed by atoms with van der Waals surface area (Å²) in [4.78, 5) is 0. The Hall–Kier alpha value is -0.300. The van der Waals surface area contributed by atoms with Gasteiger partial charge in [-0.25, -0.2) is 0 Å². The Kier molecular flexibility index (Phi) is 15.5. The predicted octanol–water partition coefficient (Wildman–Crippen LogP) is 5.98. The van der Waals surface area contributed by atoms with E-state index in [4.69, 9.17) is 5.73 Å². The second kappa shape index (κ2) is 15.8. The molecule has 2 N–H and O–H groups in total. The molecule has 0 rings (SSSR count). The summed E-state index contributed by atoms with van der Waals surface area (Å²) in [5.41, 5.74) is 6.82. The zero-order valence-electron chi connectivity index (χ0n) is 13.4. The molecular weight excluding hydrogens is 230 g/mol. The van der Waals surface area contributed by atoms with E-state index >= 15 is 0 Å². The molecule has 0 aliphatic heterocycles. The van der Waals surface area contributed by atoms with E-state index in [1.54, 1.807) is 0 Å². The quantitative estimate of drug-likeness (QED) is 0.286. The van der Waals surface area contributed by atoms with Crippen molar-refractivity contribution < 1.29 is 0 Å². The predicted molar refractivity (Wildman–Crippen MR) is 88.5 cm³/mol. The van der Waals surface area contributed by atoms with Crippen molar-refractivity contribution in [1.82, 2.24) is 0 Å². The van der Waals surface area contributed by atoms with E-state index in [0.717, 1.165) is 6.54 Å². The molecule has 0 saturated heterocycles. The maximum Gasteiger partial charge on any atom is -0.00773 e. The molecule has 0 aliphatic carbocycles. The van der Waals surface area contributed by atoms with Crippen LogP contribution in [0.2, 0.25) is 0 Å². The second-order valence-electron chi connectivity index (χ2n) is 6.09. The molecule has 0 aromatic rings. The van der Waals surface area contributed by atoms with Crippen molar-refractivity contribution in [1.29, 1.82) is 0 Å². The summed E-state index contributed by atoms with van der Waals surface area (Å²) in [5.74, 6) is 0. The van der Waals surface area contributed by atoms with Gasteiger partial charge in [-0.15, -0.1) is 6.58 Å². The molecule has 114 valence electrons. The Balaban J connectivity index is 2.93. The maximum atomic E-state index is 5.48. The Labute approximate surface area is 122 Å². The third-order valence-electron chi connectivity index (χ3n) is 3.81. The number of hydrogen-bond donors (Lipinski definition) is 1. The average molecular weight is 268 g/mol. The summed E-state index contributed by atoms with van der Waals surface area (Å²) in [7, 11) is 0. The summed E-state index contributed by atoms with van der Waals surface area (Å²) in [6, 6.07) is 0. The van der Waals surface area contributed by atoms with Crippen LogP contribution in [0.4, 0.5) is 0 Å². The third-order valence-corrected chi connectivity index (χ3v) is 3.81. The number of hydrogen-bond acceptors (Lipinski definition) is 1. The van der Waals surface area contributed by atoms with Crippen LogP contribution in [0.3, 0.4) is 0 Å². The van der Waals surface area contributed by atoms with E-state index in [-0.39, 0.29) is 0 Å². The second-order valence-corrected chi connectivity index (χ2v) is 6.09. The zero-order chi connectivity index (χ0) is 14.2. The Morgan fingerprint density at radius 1 is 0.632 bits per heavy atom. The van der Waals surface area contributed by atoms with Crippen LogP contribution in [-0.2, 0) is 0 Å². The van der Waals surface area contributed by atoms with Gasteiger partial charge in [0.1, 0.15) is 0 Å². The van der Waals surface area contributed by atoms with Crippen molar-refractivity contribution in [2.24, 2.45) is 5.73 Å². The SMILES string of the molecule is C=C(C)CCCCCCCCCCCCCCCN. The smallest absolute Gasteiger partial charge is 0.00773 e. The van der Waals surface area contributed by atoms with Crippen LogP contribution < -0.4 is 5.73 Å². The van der Waals surface area contributed by atoms with Crippen LogP contribution in [0.1, 0.15) is 96.8 Å². The van der Waals surface area contributed by atoms with Crippen molar-refractivity contribution in [2.45, 2.75) is 96.8 Å². The van der Waals surface area contributed by atoms with E-state index in [2.05, 4.69) is 13.5 Å². The standard InChI is InChI=1S/C18H37N/c1-18(2)16-14-12-10-8-6-4-3-5-7-9-11-13-15-17-19/h1,3-17,19H2,2H3. The summed E-state index contributed by atoms with van der Waals surface area (Å²) in [6.45, 7) is 6.95. The van der Waals surface area contributed by atoms with Crippen LogP contribution >= 0.6 is 0 Å². The molecular formula is C18H37N. The van der Waals surface area contributed by atoms with Crippen LogP contribution in [0.5, 0.6) is 0 Å². The zero-order valence-corrected chi connectivity index (χ0v) is 13.4. The molecule has 0 unspecified atom stereocenters. The molecule has 1 heteroatoms. The highest BCUT2D eigenvalue weighted by Crippen LogP contribution is 2.13. The third kappa shape index (κ3) is 17.7. The molecule has 0 amide bonds. The topological polar surface area (TPSA) is 26.0 Å². The lowest BCUT2D eigenvalue weighted by Gasteiger charge is -2.03. The lowest BCUT2D eigenvalue weighted by molar-refractivity contribution is 0.537. The van der Waals surface area contributed by atoms with E-state index in [1.165, 1.54) is 95.5 Å². The molecule has 0 fully saturated rings. The molecule has 0 atom stereocenters. The minimum absolute atomic E-state index is 0.867. The number of unbranched alkanes of at least 4 members (excludes halogenated alkanes) is 12. The van der Waals surface area contributed by atoms with E-state index in [9.17, 15) is 0 Å². The van der Waals surface area contributed by atoms with Crippen molar-refractivity contribution >= 4 is 0 Å². The first-order chi connectivity index (χ1) is 9.27. The summed E-state index contributed by atoms with van der Waals surface area (Å²) >= 11 is 0. The van der Waals surface area contributed by atoms with Gasteiger partial charge in [-0.3, -0.25) is 0 Å². The van der Waals surface area contributed by atoms with E-state index < -0.39 is 0 Å². The molecule has 0 aliphatic rings. The highest BCUT2D eigenvalue weighted by molar-refractivity contribution is 4.86. The van der Waals surface area contributed by atoms with Gasteiger partial charge in [-0.1, -0.05) is 76.2 Å². The number of nitrogens with two attached hydrogens (primary N) is 1. The first kappa shape index (κ1) is 18.7. The van der Waals surface area contributed by atoms with Crippen LogP contribution in [0.25, 0.3) is 0 Å². The van der Waals surface area contributed by atoms with Crippen molar-refractivity contribution in [3.8, 4) is 0 Å². The molecule has 0 heterocycles. The van der Waals surface area contributed by atoms with E-state index in [0.29, 0.717) is 0 Å². The van der Waals surface area contributed by atoms with Gasteiger partial charge in [0.15, 0.2) is 0 Å². The van der Waals surface area contributed by atoms with Gasteiger partial charge >= 0.3 is 0 Å². The maximum absolute atomic E-state index is 5.48. The first-order valence-corrected chi connectivity index (χ1v) is 8.62. The molecule has 0 spiro atoms. The molecule has 1 nitrogen and oxygen atoms in total. The Morgan fingerprint density at radius 3 is 1.26 bits per heavy atom. The van der Waals surface area contributed by atoms with Gasteiger partial charge in [0.2, 0.25) is 0 Å². The minimum Gasteiger partial charge on any atom is -0.330 e. The molecule has 0 aromatic carbocycles. The number of allylic oxidation sites excluding steroid dienone is 1. The van der Waals surface area contributed by atoms with Gasteiger partial charge in [-0.05, 0) is 32.7 Å². The Bertz CT molecular complexity index is 186. The van der Waals surface area contributed by atoms with Crippen LogP contribution in [0.15, 0.2) is 12.2 Å². The average Bonchev–Trinajstić information content (AvgIpc) is 2.39. The van der Waals surface area contributed by atoms with Crippen molar-refractivity contribution in [3.05, 3.63) is 12.2 Å². The highest BCUT2D eigenvalue weighted by atomic mass is 14.5. The molecule has 0 bridgehead atoms. The molecule has 19 heavy (non-hydrogen) atoms. The van der Waals surface area contributed by atoms with Gasteiger partial charge in [-0.2, -0.15) is 0 Å². The minimum atomic E-state index is 0.867. The fourth-order valence-electron chi connectivity index (χ4n) is 2.52. The summed E-state index contributed by atoms with van der Waals surface area (Å²) < 4.78 is 0. The first-order valence-electron chi connectivity index (χ1n) is 8.62. The monoisotopic (exact) mass is 267 g/mol. The van der Waals surface area contributed by atoms with Gasteiger partial charge in [0, 0.05) is 0 Å². The molecule has 0 aromatic heterocycles. The van der Waals surface area contributed by atoms with Crippen molar-refractivity contribution in [3.63, 3.8) is 0 Å². The summed E-state index contributed by atoms with van der Waals surface area (Å²) in [5, 5.41) is 0. The largest absolute Gasteiger partial charge is 0.330 e. The highest BCUT2D eigenvalue weighted by Gasteiger charge is 1.94. The summed E-state index contributed by atoms with van der Waals surface area (Å²) in [6.07, 6.45) is 19.4. The fraction of sp³-hybridized carbons (Fsp3) is 0.889. The van der Waals surface area contributed by atoms with Gasteiger partial charge in [0.05, 0.1) is 0 Å². The molecule has 0 radical (unpaired) electrons. The Morgan fingerprint density at radius 2 is 0.947 bits per heavy atom. The molecule has 0 saturated carbocycles. The lowest BCUT2D eigenvalue weighted by Crippen LogP contribution is -1.97.